The molecule has 21 heavy (non-hydrogen) atoms. The van der Waals surface area contributed by atoms with Gasteiger partial charge < -0.3 is 10.1 Å². The fourth-order valence-corrected chi connectivity index (χ4v) is 2.60. The van der Waals surface area contributed by atoms with Gasteiger partial charge in [0.2, 0.25) is 0 Å². The van der Waals surface area contributed by atoms with Gasteiger partial charge in [0.1, 0.15) is 5.60 Å². The molecule has 0 aromatic heterocycles. The number of aryl methyl sites for hydroxylation is 1. The average Bonchev–Trinajstić information content (AvgIpc) is 2.33. The van der Waals surface area contributed by atoms with E-state index in [-0.39, 0.29) is 5.97 Å². The second-order valence-electron chi connectivity index (χ2n) is 6.51. The van der Waals surface area contributed by atoms with E-state index in [1.54, 1.807) is 0 Å². The minimum atomic E-state index is -0.418. The maximum absolute atomic E-state index is 11.7. The smallest absolute Gasteiger partial charge is 0.316 e. The predicted octanol–water partition coefficient (Wildman–Crippen LogP) is 3.93. The van der Waals surface area contributed by atoms with Gasteiger partial charge in [0.15, 0.2) is 0 Å². The molecule has 0 fully saturated rings. The highest BCUT2D eigenvalue weighted by molar-refractivity contribution is 8.00. The zero-order valence-corrected chi connectivity index (χ0v) is 14.8. The number of hydrogen-bond donors (Lipinski definition) is 1. The van der Waals surface area contributed by atoms with Crippen LogP contribution in [0.1, 0.15) is 45.7 Å². The number of rotatable bonds is 6. The Morgan fingerprint density at radius 3 is 2.52 bits per heavy atom. The first-order valence-corrected chi connectivity index (χ1v) is 8.33. The molecule has 0 unspecified atom stereocenters. The van der Waals surface area contributed by atoms with E-state index in [1.807, 2.05) is 20.8 Å². The molecule has 1 N–H and O–H groups in total. The van der Waals surface area contributed by atoms with Gasteiger partial charge in [-0.2, -0.15) is 0 Å². The molecule has 0 aliphatic rings. The van der Waals surface area contributed by atoms with Crippen molar-refractivity contribution in [3.8, 4) is 0 Å². The molecule has 0 spiro atoms. The molecule has 3 nitrogen and oxygen atoms in total. The average molecular weight is 309 g/mol. The van der Waals surface area contributed by atoms with Crippen molar-refractivity contribution < 1.29 is 9.53 Å². The van der Waals surface area contributed by atoms with Gasteiger partial charge in [0.25, 0.3) is 0 Å². The molecule has 0 saturated carbocycles. The Bertz CT molecular complexity index is 478. The fourth-order valence-electron chi connectivity index (χ4n) is 1.81. The molecule has 0 aliphatic heterocycles. The highest BCUT2D eigenvalue weighted by Gasteiger charge is 2.16. The van der Waals surface area contributed by atoms with Crippen LogP contribution in [0.2, 0.25) is 0 Å². The Balaban J connectivity index is 2.55. The van der Waals surface area contributed by atoms with Crippen LogP contribution in [-0.4, -0.2) is 23.4 Å². The Morgan fingerprint density at radius 1 is 1.33 bits per heavy atom. The van der Waals surface area contributed by atoms with Gasteiger partial charge in [-0.1, -0.05) is 26.0 Å². The molecule has 1 rings (SSSR count). The van der Waals surface area contributed by atoms with E-state index >= 15 is 0 Å². The van der Waals surface area contributed by atoms with E-state index in [0.717, 1.165) is 11.4 Å². The summed E-state index contributed by atoms with van der Waals surface area (Å²) in [5.41, 5.74) is 2.05. The van der Waals surface area contributed by atoms with Gasteiger partial charge in [0, 0.05) is 17.5 Å². The first kappa shape index (κ1) is 18.1. The van der Waals surface area contributed by atoms with Gasteiger partial charge >= 0.3 is 5.97 Å². The third kappa shape index (κ3) is 7.53. The number of carbonyl (C=O) groups is 1. The molecule has 1 aromatic rings. The number of ether oxygens (including phenoxy) is 1. The van der Waals surface area contributed by atoms with Crippen LogP contribution in [-0.2, 0) is 16.1 Å². The number of hydrogen-bond acceptors (Lipinski definition) is 4. The highest BCUT2D eigenvalue weighted by Crippen LogP contribution is 2.24. The third-order valence-electron chi connectivity index (χ3n) is 2.72. The lowest BCUT2D eigenvalue weighted by Crippen LogP contribution is -2.24. The van der Waals surface area contributed by atoms with Crippen LogP contribution in [0, 0.1) is 6.92 Å². The van der Waals surface area contributed by atoms with Crippen molar-refractivity contribution in [1.29, 1.82) is 0 Å². The largest absolute Gasteiger partial charge is 0.459 e. The van der Waals surface area contributed by atoms with Crippen molar-refractivity contribution in [2.75, 3.05) is 5.75 Å². The number of benzene rings is 1. The van der Waals surface area contributed by atoms with E-state index in [1.165, 1.54) is 22.9 Å². The lowest BCUT2D eigenvalue weighted by molar-refractivity contribution is -0.151. The molecule has 0 bridgehead atoms. The van der Waals surface area contributed by atoms with Crippen LogP contribution in [0.5, 0.6) is 0 Å². The van der Waals surface area contributed by atoms with E-state index in [9.17, 15) is 4.79 Å². The first-order valence-electron chi connectivity index (χ1n) is 7.35. The SMILES string of the molecule is Cc1cc(CNC(C)C)ccc1SCC(=O)OC(C)(C)C. The van der Waals surface area contributed by atoms with Gasteiger partial charge in [0.05, 0.1) is 5.75 Å². The Kier molecular flexibility index (Phi) is 6.75. The van der Waals surface area contributed by atoms with Crippen LogP contribution < -0.4 is 5.32 Å². The number of thioether (sulfide) groups is 1. The molecule has 4 heteroatoms. The summed E-state index contributed by atoms with van der Waals surface area (Å²) in [5, 5.41) is 3.40. The predicted molar refractivity (Wildman–Crippen MR) is 89.7 cm³/mol. The summed E-state index contributed by atoms with van der Waals surface area (Å²) in [6, 6.07) is 6.85. The lowest BCUT2D eigenvalue weighted by Gasteiger charge is -2.19. The van der Waals surface area contributed by atoms with Crippen LogP contribution in [0.3, 0.4) is 0 Å². The van der Waals surface area contributed by atoms with Crippen molar-refractivity contribution in [2.24, 2.45) is 0 Å². The molecular formula is C17H27NO2S. The van der Waals surface area contributed by atoms with Crippen LogP contribution in [0.15, 0.2) is 23.1 Å². The van der Waals surface area contributed by atoms with E-state index < -0.39 is 5.60 Å². The van der Waals surface area contributed by atoms with Crippen molar-refractivity contribution in [3.63, 3.8) is 0 Å². The topological polar surface area (TPSA) is 38.3 Å². The number of nitrogens with one attached hydrogen (secondary N) is 1. The minimum Gasteiger partial charge on any atom is -0.459 e. The summed E-state index contributed by atoms with van der Waals surface area (Å²) in [5.74, 6) is 0.180. The zero-order chi connectivity index (χ0) is 16.0. The van der Waals surface area contributed by atoms with Crippen LogP contribution in [0.4, 0.5) is 0 Å². The van der Waals surface area contributed by atoms with Crippen LogP contribution >= 0.6 is 11.8 Å². The Labute approximate surface area is 132 Å². The minimum absolute atomic E-state index is 0.169. The van der Waals surface area contributed by atoms with E-state index in [4.69, 9.17) is 4.74 Å². The van der Waals surface area contributed by atoms with E-state index in [0.29, 0.717) is 11.8 Å². The second kappa shape index (κ2) is 7.85. The molecule has 118 valence electrons. The standard InChI is InChI=1S/C17H27NO2S/c1-12(2)18-10-14-7-8-15(13(3)9-14)21-11-16(19)20-17(4,5)6/h7-9,12,18H,10-11H2,1-6H3. The van der Waals surface area contributed by atoms with Gasteiger partial charge in [-0.25, -0.2) is 0 Å². The highest BCUT2D eigenvalue weighted by atomic mass is 32.2. The van der Waals surface area contributed by atoms with Crippen LogP contribution in [0.25, 0.3) is 0 Å². The normalized spacial score (nSPS) is 11.8. The van der Waals surface area contributed by atoms with Crippen molar-refractivity contribution in [3.05, 3.63) is 29.3 Å². The number of carbonyl (C=O) groups excluding carboxylic acids is 1. The Hall–Kier alpha value is -1.00. The fraction of sp³-hybridized carbons (Fsp3) is 0.588. The summed E-state index contributed by atoms with van der Waals surface area (Å²) in [6.45, 7) is 12.9. The van der Waals surface area contributed by atoms with Gasteiger partial charge in [-0.05, 0) is 44.9 Å². The summed E-state index contributed by atoms with van der Waals surface area (Å²) < 4.78 is 5.32. The molecule has 0 aliphatic carbocycles. The van der Waals surface area contributed by atoms with Gasteiger partial charge in [-0.15, -0.1) is 11.8 Å². The second-order valence-corrected chi connectivity index (χ2v) is 7.53. The maximum Gasteiger partial charge on any atom is 0.316 e. The summed E-state index contributed by atoms with van der Waals surface area (Å²) >= 11 is 1.53. The summed E-state index contributed by atoms with van der Waals surface area (Å²) in [7, 11) is 0. The third-order valence-corrected chi connectivity index (χ3v) is 3.87. The molecule has 0 amide bonds. The van der Waals surface area contributed by atoms with Crippen molar-refractivity contribution in [2.45, 2.75) is 64.6 Å². The molecule has 0 atom stereocenters. The van der Waals surface area contributed by atoms with Gasteiger partial charge in [-0.3, -0.25) is 4.79 Å². The van der Waals surface area contributed by atoms with E-state index in [2.05, 4.69) is 44.3 Å². The summed E-state index contributed by atoms with van der Waals surface area (Å²) in [4.78, 5) is 12.9. The molecule has 0 radical (unpaired) electrons. The van der Waals surface area contributed by atoms with Crippen molar-refractivity contribution >= 4 is 17.7 Å². The monoisotopic (exact) mass is 309 g/mol. The Morgan fingerprint density at radius 2 is 2.00 bits per heavy atom. The molecule has 0 saturated heterocycles. The summed E-state index contributed by atoms with van der Waals surface area (Å²) in [6.07, 6.45) is 0. The number of esters is 1. The zero-order valence-electron chi connectivity index (χ0n) is 13.9. The van der Waals surface area contributed by atoms with Crippen molar-refractivity contribution in [1.82, 2.24) is 5.32 Å². The molecular weight excluding hydrogens is 282 g/mol. The lowest BCUT2D eigenvalue weighted by atomic mass is 10.1. The quantitative estimate of drug-likeness (QED) is 0.638. The first-order chi connectivity index (χ1) is 9.67. The molecule has 1 aromatic carbocycles. The molecule has 0 heterocycles. The maximum atomic E-state index is 11.7.